The smallest absolute Gasteiger partial charge is 0.123 e. The molecule has 0 saturated carbocycles. The number of benzene rings is 4. The molecule has 0 fully saturated rings. The van der Waals surface area contributed by atoms with Gasteiger partial charge in [0.05, 0.1) is 0 Å². The molecule has 0 aromatic heterocycles. The Morgan fingerprint density at radius 2 is 0.714 bits per heavy atom. The second-order valence-electron chi connectivity index (χ2n) is 7.22. The van der Waals surface area contributed by atoms with Crippen molar-refractivity contribution >= 4 is 11.1 Å². The van der Waals surface area contributed by atoms with Crippen LogP contribution in [0.1, 0.15) is 22.3 Å². The van der Waals surface area contributed by atoms with Gasteiger partial charge in [0, 0.05) is 0 Å². The van der Waals surface area contributed by atoms with Crippen molar-refractivity contribution in [2.45, 2.75) is 0 Å². The summed E-state index contributed by atoms with van der Waals surface area (Å²) in [6.45, 7) is 0. The van der Waals surface area contributed by atoms with Crippen molar-refractivity contribution in [2.24, 2.45) is 0 Å². The average Bonchev–Trinajstić information content (AvgIpc) is 3.20. The van der Waals surface area contributed by atoms with Gasteiger partial charge in [-0.3, -0.25) is 0 Å². The Bertz CT molecular complexity index is 1230. The molecule has 0 spiro atoms. The van der Waals surface area contributed by atoms with Crippen molar-refractivity contribution < 1.29 is 8.78 Å². The van der Waals surface area contributed by atoms with Gasteiger partial charge < -0.3 is 0 Å². The molecule has 2 aliphatic carbocycles. The van der Waals surface area contributed by atoms with E-state index in [4.69, 9.17) is 0 Å². The summed E-state index contributed by atoms with van der Waals surface area (Å²) in [7, 11) is 0. The fourth-order valence-electron chi connectivity index (χ4n) is 4.62. The molecule has 6 rings (SSSR count). The first-order valence-electron chi connectivity index (χ1n) is 9.26. The molecule has 4 aromatic carbocycles. The van der Waals surface area contributed by atoms with E-state index >= 15 is 0 Å². The molecule has 132 valence electrons. The van der Waals surface area contributed by atoms with Crippen molar-refractivity contribution in [3.8, 4) is 22.3 Å². The van der Waals surface area contributed by atoms with Crippen LogP contribution in [0.4, 0.5) is 8.78 Å². The zero-order valence-electron chi connectivity index (χ0n) is 14.8. The highest BCUT2D eigenvalue weighted by Gasteiger charge is 2.32. The minimum absolute atomic E-state index is 0.242. The predicted octanol–water partition coefficient (Wildman–Crippen LogP) is 6.93. The summed E-state index contributed by atoms with van der Waals surface area (Å²) in [6.07, 6.45) is 0. The highest BCUT2D eigenvalue weighted by molar-refractivity contribution is 6.18. The van der Waals surface area contributed by atoms with Gasteiger partial charge in [-0.15, -0.1) is 0 Å². The van der Waals surface area contributed by atoms with Gasteiger partial charge in [-0.2, -0.15) is 0 Å². The maximum atomic E-state index is 14.0. The SMILES string of the molecule is Fc1ccc2c(c1)-c1ccccc1C2=C1c2ccccc2-c2cc(F)ccc21. The first-order valence-corrected chi connectivity index (χ1v) is 9.26. The van der Waals surface area contributed by atoms with Crippen LogP contribution in [-0.4, -0.2) is 0 Å². The van der Waals surface area contributed by atoms with Gasteiger partial charge in [0.1, 0.15) is 11.6 Å². The van der Waals surface area contributed by atoms with Crippen molar-refractivity contribution in [3.63, 3.8) is 0 Å². The molecule has 0 bridgehead atoms. The second kappa shape index (κ2) is 5.49. The first kappa shape index (κ1) is 15.5. The summed E-state index contributed by atoms with van der Waals surface area (Å²) in [6, 6.07) is 26.2. The van der Waals surface area contributed by atoms with Gasteiger partial charge in [0.15, 0.2) is 0 Å². The highest BCUT2D eigenvalue weighted by Crippen LogP contribution is 2.54. The van der Waals surface area contributed by atoms with Crippen LogP contribution in [0.2, 0.25) is 0 Å². The van der Waals surface area contributed by atoms with Crippen molar-refractivity contribution in [3.05, 3.63) is 119 Å². The lowest BCUT2D eigenvalue weighted by molar-refractivity contribution is 0.628. The number of hydrogen-bond donors (Lipinski definition) is 0. The van der Waals surface area contributed by atoms with Crippen molar-refractivity contribution in [2.75, 3.05) is 0 Å². The van der Waals surface area contributed by atoms with E-state index in [1.807, 2.05) is 48.5 Å². The molecule has 0 amide bonds. The van der Waals surface area contributed by atoms with Crippen LogP contribution in [0, 0.1) is 11.6 Å². The van der Waals surface area contributed by atoms with Crippen LogP contribution in [0.3, 0.4) is 0 Å². The van der Waals surface area contributed by atoms with Crippen molar-refractivity contribution in [1.29, 1.82) is 0 Å². The molecule has 0 heterocycles. The van der Waals surface area contributed by atoms with Gasteiger partial charge in [0.25, 0.3) is 0 Å². The Labute approximate surface area is 161 Å². The zero-order chi connectivity index (χ0) is 18.8. The molecule has 0 saturated heterocycles. The van der Waals surface area contributed by atoms with E-state index < -0.39 is 0 Å². The fraction of sp³-hybridized carbons (Fsp3) is 0. The third kappa shape index (κ3) is 1.97. The zero-order valence-corrected chi connectivity index (χ0v) is 14.8. The molecule has 0 radical (unpaired) electrons. The van der Waals surface area contributed by atoms with Crippen LogP contribution in [0.25, 0.3) is 33.4 Å². The third-order valence-electron chi connectivity index (χ3n) is 5.73. The number of fused-ring (bicyclic) bond motifs is 6. The Morgan fingerprint density at radius 1 is 0.357 bits per heavy atom. The molecule has 2 aliphatic rings. The minimum Gasteiger partial charge on any atom is -0.207 e. The number of hydrogen-bond acceptors (Lipinski definition) is 0. The lowest BCUT2D eigenvalue weighted by Crippen LogP contribution is -1.91. The molecule has 4 aromatic rings. The molecule has 0 atom stereocenters. The van der Waals surface area contributed by atoms with E-state index in [-0.39, 0.29) is 11.6 Å². The van der Waals surface area contributed by atoms with E-state index in [9.17, 15) is 8.78 Å². The lowest BCUT2D eigenvalue weighted by Gasteiger charge is -2.11. The van der Waals surface area contributed by atoms with Gasteiger partial charge in [-0.1, -0.05) is 60.7 Å². The molecule has 0 aliphatic heterocycles. The van der Waals surface area contributed by atoms with Crippen LogP contribution in [-0.2, 0) is 0 Å². The first-order chi connectivity index (χ1) is 13.7. The third-order valence-corrected chi connectivity index (χ3v) is 5.73. The van der Waals surface area contributed by atoms with E-state index in [0.29, 0.717) is 0 Å². The minimum atomic E-state index is -0.242. The molecule has 28 heavy (non-hydrogen) atoms. The maximum Gasteiger partial charge on any atom is 0.123 e. The summed E-state index contributed by atoms with van der Waals surface area (Å²) < 4.78 is 28.0. The Hall–Kier alpha value is -3.52. The molecule has 2 heteroatoms. The van der Waals surface area contributed by atoms with Gasteiger partial charge in [-0.25, -0.2) is 8.78 Å². The Kier molecular flexibility index (Phi) is 3.05. The maximum absolute atomic E-state index is 14.0. The summed E-state index contributed by atoms with van der Waals surface area (Å²) in [5.41, 5.74) is 10.3. The van der Waals surface area contributed by atoms with Crippen LogP contribution < -0.4 is 0 Å². The van der Waals surface area contributed by atoms with Crippen LogP contribution >= 0.6 is 0 Å². The number of halogens is 2. The monoisotopic (exact) mass is 364 g/mol. The topological polar surface area (TPSA) is 0 Å². The van der Waals surface area contributed by atoms with Crippen LogP contribution in [0.5, 0.6) is 0 Å². The van der Waals surface area contributed by atoms with Gasteiger partial charge in [-0.05, 0) is 79.9 Å². The van der Waals surface area contributed by atoms with Crippen LogP contribution in [0.15, 0.2) is 84.9 Å². The average molecular weight is 364 g/mol. The molecular formula is C26H14F2. The molecule has 0 nitrogen and oxygen atoms in total. The van der Waals surface area contributed by atoms with E-state index in [0.717, 1.165) is 55.7 Å². The van der Waals surface area contributed by atoms with Gasteiger partial charge >= 0.3 is 0 Å². The molecular weight excluding hydrogens is 350 g/mol. The van der Waals surface area contributed by atoms with Gasteiger partial charge in [0.2, 0.25) is 0 Å². The summed E-state index contributed by atoms with van der Waals surface area (Å²) >= 11 is 0. The molecule has 0 unspecified atom stereocenters. The quantitative estimate of drug-likeness (QED) is 0.274. The normalized spacial score (nSPS) is 15.8. The van der Waals surface area contributed by atoms with E-state index in [2.05, 4.69) is 12.1 Å². The lowest BCUT2D eigenvalue weighted by atomic mass is 9.92. The largest absolute Gasteiger partial charge is 0.207 e. The summed E-state index contributed by atoms with van der Waals surface area (Å²) in [5, 5.41) is 0. The van der Waals surface area contributed by atoms with E-state index in [1.165, 1.54) is 12.1 Å². The standard InChI is InChI=1S/C26H14F2/c27-15-9-11-21-23(13-15)17-5-1-3-7-19(17)25(21)26-20-8-4-2-6-18(20)24-14-16(28)10-12-22(24)26/h1-14H. The van der Waals surface area contributed by atoms with E-state index in [1.54, 1.807) is 12.1 Å². The Morgan fingerprint density at radius 3 is 1.14 bits per heavy atom. The summed E-state index contributed by atoms with van der Waals surface area (Å²) in [5.74, 6) is -0.483. The highest BCUT2D eigenvalue weighted by atomic mass is 19.1. The van der Waals surface area contributed by atoms with Crippen molar-refractivity contribution in [1.82, 2.24) is 0 Å². The Balaban J connectivity index is 1.80. The predicted molar refractivity (Wildman–Crippen MR) is 109 cm³/mol. The second-order valence-corrected chi connectivity index (χ2v) is 7.22. The fourth-order valence-corrected chi connectivity index (χ4v) is 4.62. The number of rotatable bonds is 0. The molecule has 0 N–H and O–H groups in total. The summed E-state index contributed by atoms with van der Waals surface area (Å²) in [4.78, 5) is 0.